The van der Waals surface area contributed by atoms with Crippen LogP contribution in [0.4, 0.5) is 5.82 Å². The number of nitrogens with zero attached hydrogens (tertiary/aromatic N) is 4. The van der Waals surface area contributed by atoms with Gasteiger partial charge in [-0.1, -0.05) is 30.3 Å². The minimum atomic E-state index is -0.111. The number of benzene rings is 3. The van der Waals surface area contributed by atoms with Crippen molar-refractivity contribution in [1.82, 2.24) is 14.9 Å². The maximum atomic E-state index is 13.1. The summed E-state index contributed by atoms with van der Waals surface area (Å²) in [7, 11) is 0. The van der Waals surface area contributed by atoms with Gasteiger partial charge in [0.1, 0.15) is 19.0 Å². The molecule has 3 aromatic carbocycles. The number of carbonyl (C=O) groups is 1. The molecule has 0 unspecified atom stereocenters. The number of hydrogen-bond donors (Lipinski definition) is 1. The zero-order valence-corrected chi connectivity index (χ0v) is 22.9. The van der Waals surface area contributed by atoms with Crippen molar-refractivity contribution in [2.75, 3.05) is 44.4 Å². The maximum Gasteiger partial charge on any atom is 0.319 e. The van der Waals surface area contributed by atoms with Crippen molar-refractivity contribution in [1.29, 1.82) is 0 Å². The molecule has 0 spiro atoms. The molecule has 8 heteroatoms. The number of hydrogen-bond acceptors (Lipinski definition) is 7. The van der Waals surface area contributed by atoms with Gasteiger partial charge in [-0.15, -0.1) is 0 Å². The molecular formula is C32H34N4O4. The first kappa shape index (κ1) is 25.2. The van der Waals surface area contributed by atoms with E-state index in [1.807, 2.05) is 37.3 Å². The van der Waals surface area contributed by atoms with Crippen LogP contribution in [0, 0.1) is 6.92 Å². The summed E-state index contributed by atoms with van der Waals surface area (Å²) in [4.78, 5) is 27.2. The van der Waals surface area contributed by atoms with Gasteiger partial charge in [-0.25, -0.2) is 0 Å². The van der Waals surface area contributed by atoms with Crippen molar-refractivity contribution < 1.29 is 19.4 Å². The molecule has 0 radical (unpaired) electrons. The summed E-state index contributed by atoms with van der Waals surface area (Å²) in [5.41, 5.74) is 3.65. The smallest absolute Gasteiger partial charge is 0.319 e. The highest BCUT2D eigenvalue weighted by atomic mass is 16.5. The molecule has 0 saturated carbocycles. The quantitative estimate of drug-likeness (QED) is 0.373. The fourth-order valence-electron chi connectivity index (χ4n) is 6.95. The van der Waals surface area contributed by atoms with E-state index in [9.17, 15) is 9.90 Å². The van der Waals surface area contributed by atoms with Crippen molar-refractivity contribution in [3.63, 3.8) is 0 Å². The lowest BCUT2D eigenvalue weighted by molar-refractivity contribution is -0.122. The van der Waals surface area contributed by atoms with Crippen LogP contribution in [0.25, 0.3) is 32.8 Å². The zero-order valence-electron chi connectivity index (χ0n) is 22.9. The highest BCUT2D eigenvalue weighted by Gasteiger charge is 2.45. The second-order valence-electron chi connectivity index (χ2n) is 11.3. The van der Waals surface area contributed by atoms with E-state index in [1.54, 1.807) is 17.0 Å². The standard InChI is InChI=1S/C32H34N4O4/c1-21-24(27-18-23(37)17-22-7-2-3-8-25(22)27)9-10-26-29(21)33-31(34-30(26)36-15-6-16-39-19-28(36)38)40-20-32-11-4-13-35(32)14-5-12-32/h2-3,7-10,17-18,37H,4-6,11-16,19-20H2,1H3. The second-order valence-corrected chi connectivity index (χ2v) is 11.3. The van der Waals surface area contributed by atoms with E-state index in [0.29, 0.717) is 31.6 Å². The predicted octanol–water partition coefficient (Wildman–Crippen LogP) is 5.22. The summed E-state index contributed by atoms with van der Waals surface area (Å²) < 4.78 is 11.9. The van der Waals surface area contributed by atoms with Gasteiger partial charge in [0.05, 0.1) is 11.1 Å². The lowest BCUT2D eigenvalue weighted by Crippen LogP contribution is -2.43. The molecule has 1 aromatic heterocycles. The Balaban J connectivity index is 1.37. The highest BCUT2D eigenvalue weighted by molar-refractivity contribution is 6.06. The van der Waals surface area contributed by atoms with E-state index in [-0.39, 0.29) is 23.8 Å². The van der Waals surface area contributed by atoms with E-state index in [2.05, 4.69) is 11.0 Å². The number of rotatable bonds is 5. The third-order valence-electron chi connectivity index (χ3n) is 8.95. The van der Waals surface area contributed by atoms with E-state index < -0.39 is 0 Å². The van der Waals surface area contributed by atoms with Crippen molar-refractivity contribution in [3.8, 4) is 22.9 Å². The molecule has 8 nitrogen and oxygen atoms in total. The zero-order chi connectivity index (χ0) is 27.3. The Hall–Kier alpha value is -3.75. The van der Waals surface area contributed by atoms with Gasteiger partial charge in [-0.2, -0.15) is 9.97 Å². The van der Waals surface area contributed by atoms with Crippen LogP contribution in [0.5, 0.6) is 11.8 Å². The SMILES string of the molecule is Cc1c(-c2cc(O)cc3ccccc23)ccc2c(N3CCCOCC3=O)nc(OCC34CCCN3CCC4)nc12. The summed E-state index contributed by atoms with van der Waals surface area (Å²) in [6.45, 7) is 5.93. The van der Waals surface area contributed by atoms with Crippen molar-refractivity contribution >= 4 is 33.4 Å². The Kier molecular flexibility index (Phi) is 6.32. The topological polar surface area (TPSA) is 88.0 Å². The van der Waals surface area contributed by atoms with Crippen LogP contribution in [0.3, 0.4) is 0 Å². The van der Waals surface area contributed by atoms with Crippen LogP contribution in [-0.4, -0.2) is 70.9 Å². The van der Waals surface area contributed by atoms with E-state index in [1.165, 1.54) is 12.8 Å². The summed E-state index contributed by atoms with van der Waals surface area (Å²) in [5, 5.41) is 13.4. The van der Waals surface area contributed by atoms with Crippen molar-refractivity contribution in [2.24, 2.45) is 0 Å². The minimum Gasteiger partial charge on any atom is -0.508 e. The second kappa shape index (κ2) is 10.0. The lowest BCUT2D eigenvalue weighted by atomic mass is 9.93. The van der Waals surface area contributed by atoms with Crippen LogP contribution in [-0.2, 0) is 9.53 Å². The Morgan fingerprint density at radius 3 is 2.65 bits per heavy atom. The van der Waals surface area contributed by atoms with Crippen LogP contribution in [0.15, 0.2) is 48.5 Å². The summed E-state index contributed by atoms with van der Waals surface area (Å²) in [6, 6.07) is 16.0. The average molecular weight is 539 g/mol. The van der Waals surface area contributed by atoms with Gasteiger partial charge in [-0.05, 0) is 97.8 Å². The summed E-state index contributed by atoms with van der Waals surface area (Å²) in [5.74, 6) is 0.673. The number of phenolic OH excluding ortho intramolecular Hbond substituents is 1. The Labute approximate surface area is 233 Å². The van der Waals surface area contributed by atoms with Crippen molar-refractivity contribution in [2.45, 2.75) is 44.6 Å². The van der Waals surface area contributed by atoms with Gasteiger partial charge < -0.3 is 14.6 Å². The molecule has 40 heavy (non-hydrogen) atoms. The van der Waals surface area contributed by atoms with Gasteiger partial charge in [0.25, 0.3) is 5.91 Å². The normalized spacial score (nSPS) is 19.3. The number of phenols is 1. The maximum absolute atomic E-state index is 13.1. The highest BCUT2D eigenvalue weighted by Crippen LogP contribution is 2.41. The molecule has 4 aromatic rings. The third kappa shape index (κ3) is 4.26. The first-order chi connectivity index (χ1) is 19.5. The molecule has 0 bridgehead atoms. The van der Waals surface area contributed by atoms with Crippen LogP contribution >= 0.6 is 0 Å². The van der Waals surface area contributed by atoms with Gasteiger partial charge in [-0.3, -0.25) is 14.6 Å². The van der Waals surface area contributed by atoms with Crippen LogP contribution < -0.4 is 9.64 Å². The minimum absolute atomic E-state index is 0.0338. The van der Waals surface area contributed by atoms with Gasteiger partial charge in [0.2, 0.25) is 0 Å². The monoisotopic (exact) mass is 538 g/mol. The number of fused-ring (bicyclic) bond motifs is 3. The number of carbonyl (C=O) groups excluding carboxylic acids is 1. The van der Waals surface area contributed by atoms with E-state index >= 15 is 0 Å². The number of aromatic nitrogens is 2. The lowest BCUT2D eigenvalue weighted by Gasteiger charge is -2.31. The largest absolute Gasteiger partial charge is 0.508 e. The molecule has 1 amide bonds. The molecule has 1 N–H and O–H groups in total. The molecule has 4 heterocycles. The van der Waals surface area contributed by atoms with Crippen LogP contribution in [0.2, 0.25) is 0 Å². The summed E-state index contributed by atoms with van der Waals surface area (Å²) in [6.07, 6.45) is 5.37. The summed E-state index contributed by atoms with van der Waals surface area (Å²) >= 11 is 0. The molecule has 3 fully saturated rings. The molecule has 0 aliphatic carbocycles. The Morgan fingerprint density at radius 1 is 0.975 bits per heavy atom. The number of anilines is 1. The molecule has 3 saturated heterocycles. The Bertz CT molecular complexity index is 1610. The van der Waals surface area contributed by atoms with Gasteiger partial charge in [0, 0.05) is 18.5 Å². The number of ether oxygens (including phenoxy) is 2. The fourth-order valence-corrected chi connectivity index (χ4v) is 6.95. The molecule has 0 atom stereocenters. The molecule has 3 aliphatic heterocycles. The number of amides is 1. The average Bonchev–Trinajstić information content (AvgIpc) is 3.47. The van der Waals surface area contributed by atoms with E-state index in [0.717, 1.165) is 70.7 Å². The third-order valence-corrected chi connectivity index (χ3v) is 8.95. The molecule has 7 rings (SSSR count). The first-order valence-electron chi connectivity index (χ1n) is 14.3. The van der Waals surface area contributed by atoms with Gasteiger partial charge >= 0.3 is 6.01 Å². The number of aromatic hydroxyl groups is 1. The Morgan fingerprint density at radius 2 is 1.80 bits per heavy atom. The molecular weight excluding hydrogens is 504 g/mol. The molecule has 3 aliphatic rings. The molecule has 206 valence electrons. The van der Waals surface area contributed by atoms with Gasteiger partial charge in [0.15, 0.2) is 5.82 Å². The predicted molar refractivity (Wildman–Crippen MR) is 155 cm³/mol. The first-order valence-corrected chi connectivity index (χ1v) is 14.3. The van der Waals surface area contributed by atoms with Crippen molar-refractivity contribution in [3.05, 3.63) is 54.1 Å². The fraction of sp³-hybridized carbons (Fsp3) is 0.406. The van der Waals surface area contributed by atoms with Crippen LogP contribution in [0.1, 0.15) is 37.7 Å². The van der Waals surface area contributed by atoms with E-state index in [4.69, 9.17) is 19.4 Å². The number of aryl methyl sites for hydroxylation is 1.